The van der Waals surface area contributed by atoms with Crippen LogP contribution in [-0.2, 0) is 6.42 Å². The number of aromatic nitrogens is 4. The zero-order chi connectivity index (χ0) is 20.9. The quantitative estimate of drug-likeness (QED) is 0.489. The fourth-order valence-corrected chi connectivity index (χ4v) is 3.41. The van der Waals surface area contributed by atoms with E-state index in [1.165, 1.54) is 24.3 Å². The highest BCUT2D eigenvalue weighted by molar-refractivity contribution is 5.93. The van der Waals surface area contributed by atoms with Crippen LogP contribution >= 0.6 is 0 Å². The van der Waals surface area contributed by atoms with E-state index in [1.54, 1.807) is 16.5 Å². The van der Waals surface area contributed by atoms with Crippen molar-refractivity contribution in [3.8, 4) is 11.8 Å². The molecule has 4 aromatic rings. The van der Waals surface area contributed by atoms with Gasteiger partial charge in [-0.05, 0) is 56.2 Å². The first-order chi connectivity index (χ1) is 14.4. The Morgan fingerprint density at radius 3 is 2.70 bits per heavy atom. The molecule has 1 aliphatic carbocycles. The lowest BCUT2D eigenvalue weighted by molar-refractivity contribution is 0.627. The summed E-state index contributed by atoms with van der Waals surface area (Å²) in [6, 6.07) is 9.00. The van der Waals surface area contributed by atoms with Gasteiger partial charge in [0.1, 0.15) is 23.3 Å². The largest absolute Gasteiger partial charge is 0.339 e. The van der Waals surface area contributed by atoms with Gasteiger partial charge in [0.15, 0.2) is 0 Å². The minimum Gasteiger partial charge on any atom is -0.339 e. The zero-order valence-corrected chi connectivity index (χ0v) is 16.6. The SMILES string of the molecule is CCc1nnc2nc(Nc3cc(F)cc(C#CC4(C)CC4)c3)c3cc(F)ccc3n12. The molecule has 2 heterocycles. The monoisotopic (exact) mass is 403 g/mol. The number of halogens is 2. The molecular formula is C23H19F2N5. The van der Waals surface area contributed by atoms with Crippen LogP contribution in [0.1, 0.15) is 38.1 Å². The van der Waals surface area contributed by atoms with Crippen LogP contribution in [0, 0.1) is 28.9 Å². The van der Waals surface area contributed by atoms with Gasteiger partial charge in [0.2, 0.25) is 0 Å². The molecule has 0 radical (unpaired) electrons. The first-order valence-electron chi connectivity index (χ1n) is 9.88. The lowest BCUT2D eigenvalue weighted by Crippen LogP contribution is -2.02. The third-order valence-corrected chi connectivity index (χ3v) is 5.36. The van der Waals surface area contributed by atoms with Crippen molar-refractivity contribution in [2.75, 3.05) is 5.32 Å². The van der Waals surface area contributed by atoms with Gasteiger partial charge in [-0.25, -0.2) is 8.78 Å². The van der Waals surface area contributed by atoms with Crippen molar-refractivity contribution in [1.82, 2.24) is 19.6 Å². The van der Waals surface area contributed by atoms with Crippen molar-refractivity contribution in [3.05, 3.63) is 59.4 Å². The van der Waals surface area contributed by atoms with E-state index < -0.39 is 5.82 Å². The van der Waals surface area contributed by atoms with Gasteiger partial charge in [-0.1, -0.05) is 18.8 Å². The van der Waals surface area contributed by atoms with Crippen LogP contribution in [0.2, 0.25) is 0 Å². The number of nitrogens with one attached hydrogen (secondary N) is 1. The molecule has 2 aromatic carbocycles. The molecule has 5 nitrogen and oxygen atoms in total. The van der Waals surface area contributed by atoms with E-state index >= 15 is 0 Å². The maximum absolute atomic E-state index is 14.2. The number of anilines is 2. The van der Waals surface area contributed by atoms with Gasteiger partial charge in [-0.15, -0.1) is 10.2 Å². The minimum atomic E-state index is -0.405. The lowest BCUT2D eigenvalue weighted by Gasteiger charge is -2.12. The summed E-state index contributed by atoms with van der Waals surface area (Å²) in [6.45, 7) is 4.07. The summed E-state index contributed by atoms with van der Waals surface area (Å²) in [6.07, 6.45) is 2.80. The predicted octanol–water partition coefficient (Wildman–Crippen LogP) is 5.01. The molecule has 0 saturated heterocycles. The summed E-state index contributed by atoms with van der Waals surface area (Å²) in [4.78, 5) is 4.52. The Labute approximate surface area is 172 Å². The number of hydrogen-bond acceptors (Lipinski definition) is 4. The molecule has 0 spiro atoms. The summed E-state index contributed by atoms with van der Waals surface area (Å²) in [5, 5.41) is 12.0. The second-order valence-corrected chi connectivity index (χ2v) is 7.89. The molecule has 1 aliphatic rings. The Kier molecular flexibility index (Phi) is 4.17. The highest BCUT2D eigenvalue weighted by Crippen LogP contribution is 2.44. The number of nitrogens with zero attached hydrogens (tertiary/aromatic N) is 4. The van der Waals surface area contributed by atoms with Gasteiger partial charge >= 0.3 is 0 Å². The van der Waals surface area contributed by atoms with Crippen LogP contribution in [0.25, 0.3) is 16.7 Å². The molecule has 2 aromatic heterocycles. The average Bonchev–Trinajstić information content (AvgIpc) is 3.31. The van der Waals surface area contributed by atoms with Crippen LogP contribution in [0.4, 0.5) is 20.3 Å². The zero-order valence-electron chi connectivity index (χ0n) is 16.6. The van der Waals surface area contributed by atoms with E-state index in [0.717, 1.165) is 24.2 Å². The molecule has 0 bridgehead atoms. The molecule has 0 atom stereocenters. The van der Waals surface area contributed by atoms with E-state index in [1.807, 2.05) is 6.92 Å². The van der Waals surface area contributed by atoms with Gasteiger partial charge in [0.25, 0.3) is 5.78 Å². The normalized spacial score (nSPS) is 14.5. The molecule has 0 unspecified atom stereocenters. The molecule has 1 saturated carbocycles. The number of rotatable bonds is 3. The summed E-state index contributed by atoms with van der Waals surface area (Å²) in [7, 11) is 0. The topological polar surface area (TPSA) is 55.1 Å². The average molecular weight is 403 g/mol. The molecule has 1 fully saturated rings. The Morgan fingerprint density at radius 1 is 1.10 bits per heavy atom. The smallest absolute Gasteiger partial charge is 0.257 e. The first-order valence-corrected chi connectivity index (χ1v) is 9.88. The van der Waals surface area contributed by atoms with Gasteiger partial charge in [-0.3, -0.25) is 4.40 Å². The summed E-state index contributed by atoms with van der Waals surface area (Å²) in [5.41, 5.74) is 1.84. The van der Waals surface area contributed by atoms with Gasteiger partial charge in [-0.2, -0.15) is 4.98 Å². The van der Waals surface area contributed by atoms with Crippen molar-refractivity contribution in [3.63, 3.8) is 0 Å². The number of benzene rings is 2. The maximum atomic E-state index is 14.2. The molecular weight excluding hydrogens is 384 g/mol. The van der Waals surface area contributed by atoms with Crippen LogP contribution < -0.4 is 5.32 Å². The molecule has 0 amide bonds. The highest BCUT2D eigenvalue weighted by Gasteiger charge is 2.35. The summed E-state index contributed by atoms with van der Waals surface area (Å²) >= 11 is 0. The maximum Gasteiger partial charge on any atom is 0.257 e. The molecule has 1 N–H and O–H groups in total. The molecule has 30 heavy (non-hydrogen) atoms. The number of hydrogen-bond donors (Lipinski definition) is 1. The van der Waals surface area contributed by atoms with Gasteiger partial charge < -0.3 is 5.32 Å². The minimum absolute atomic E-state index is 0.0465. The Morgan fingerprint density at radius 2 is 1.93 bits per heavy atom. The number of aryl methyl sites for hydroxylation is 1. The summed E-state index contributed by atoms with van der Waals surface area (Å²) < 4.78 is 30.1. The van der Waals surface area contributed by atoms with Crippen molar-refractivity contribution in [2.24, 2.45) is 5.41 Å². The van der Waals surface area contributed by atoms with Gasteiger partial charge in [0, 0.05) is 28.5 Å². The first kappa shape index (κ1) is 18.5. The molecule has 0 aliphatic heterocycles. The van der Waals surface area contributed by atoms with E-state index in [-0.39, 0.29) is 11.2 Å². The third kappa shape index (κ3) is 3.35. The molecule has 150 valence electrons. The Balaban J connectivity index is 1.62. The van der Waals surface area contributed by atoms with Crippen LogP contribution in [0.5, 0.6) is 0 Å². The van der Waals surface area contributed by atoms with Crippen molar-refractivity contribution in [2.45, 2.75) is 33.1 Å². The van der Waals surface area contributed by atoms with E-state index in [2.05, 4.69) is 39.3 Å². The van der Waals surface area contributed by atoms with Crippen LogP contribution in [-0.4, -0.2) is 19.6 Å². The molecule has 7 heteroatoms. The van der Waals surface area contributed by atoms with Gasteiger partial charge in [0.05, 0.1) is 5.52 Å². The lowest BCUT2D eigenvalue weighted by atomic mass is 10.1. The standard InChI is InChI=1S/C23H19F2N5/c1-3-20-28-29-22-27-21(18-13-15(24)4-5-19(18)30(20)22)26-17-11-14(10-16(25)12-17)6-7-23(2)8-9-23/h4-5,10-13H,3,8-9H2,1-2H3,(H,26,27,29). The Bertz CT molecular complexity index is 1360. The second-order valence-electron chi connectivity index (χ2n) is 7.89. The fraction of sp³-hybridized carbons (Fsp3) is 0.261. The van der Waals surface area contributed by atoms with Crippen molar-refractivity contribution >= 4 is 28.2 Å². The van der Waals surface area contributed by atoms with E-state index in [4.69, 9.17) is 0 Å². The predicted molar refractivity (Wildman–Crippen MR) is 112 cm³/mol. The number of fused-ring (bicyclic) bond motifs is 3. The fourth-order valence-electron chi connectivity index (χ4n) is 3.41. The van der Waals surface area contributed by atoms with Crippen molar-refractivity contribution < 1.29 is 8.78 Å². The molecule has 5 rings (SSSR count). The van der Waals surface area contributed by atoms with Crippen molar-refractivity contribution in [1.29, 1.82) is 0 Å². The van der Waals surface area contributed by atoms with Crippen LogP contribution in [0.15, 0.2) is 36.4 Å². The highest BCUT2D eigenvalue weighted by atomic mass is 19.1. The summed E-state index contributed by atoms with van der Waals surface area (Å²) in [5.74, 6) is 6.99. The van der Waals surface area contributed by atoms with E-state index in [0.29, 0.717) is 34.7 Å². The third-order valence-electron chi connectivity index (χ3n) is 5.36. The second kappa shape index (κ2) is 6.77. The Hall–Kier alpha value is -3.53. The van der Waals surface area contributed by atoms with Crippen LogP contribution in [0.3, 0.4) is 0 Å². The van der Waals surface area contributed by atoms with E-state index in [9.17, 15) is 8.78 Å².